The molecule has 0 saturated carbocycles. The van der Waals surface area contributed by atoms with Gasteiger partial charge in [0.1, 0.15) is 0 Å². The number of carbonyl (C=O) groups excluding carboxylic acids is 2. The molecule has 2 N–H and O–H groups in total. The molecule has 1 rings (SSSR count). The molecule has 1 aromatic heterocycles. The average Bonchev–Trinajstić information content (AvgIpc) is 2.37. The summed E-state index contributed by atoms with van der Waals surface area (Å²) in [6.07, 6.45) is 3.92. The number of hydrogen-bond acceptors (Lipinski definition) is 3. The number of aromatic nitrogens is 1. The van der Waals surface area contributed by atoms with Crippen LogP contribution in [0.25, 0.3) is 0 Å². The second-order valence-corrected chi connectivity index (χ2v) is 3.72. The maximum atomic E-state index is 11.3. The van der Waals surface area contributed by atoms with Crippen LogP contribution in [-0.4, -0.2) is 29.2 Å². The zero-order valence-electron chi connectivity index (χ0n) is 9.28. The largest absolute Gasteiger partial charge is 0.348 e. The summed E-state index contributed by atoms with van der Waals surface area (Å²) in [6.45, 7) is 0.693. The van der Waals surface area contributed by atoms with Gasteiger partial charge in [-0.15, -0.1) is 11.6 Å². The van der Waals surface area contributed by atoms with Gasteiger partial charge in [0, 0.05) is 31.4 Å². The minimum atomic E-state index is -0.650. The highest BCUT2D eigenvalue weighted by atomic mass is 35.5. The zero-order chi connectivity index (χ0) is 12.5. The van der Waals surface area contributed by atoms with E-state index < -0.39 is 11.8 Å². The first-order chi connectivity index (χ1) is 8.24. The fraction of sp³-hybridized carbons (Fsp3) is 0.364. The molecule has 1 heterocycles. The first kappa shape index (κ1) is 13.4. The molecule has 0 aromatic carbocycles. The molecule has 92 valence electrons. The molecule has 0 saturated heterocycles. The van der Waals surface area contributed by atoms with Gasteiger partial charge in [-0.1, -0.05) is 6.07 Å². The van der Waals surface area contributed by atoms with Gasteiger partial charge >= 0.3 is 11.8 Å². The monoisotopic (exact) mass is 255 g/mol. The van der Waals surface area contributed by atoms with Crippen molar-refractivity contribution >= 4 is 23.4 Å². The van der Waals surface area contributed by atoms with Crippen LogP contribution in [0.3, 0.4) is 0 Å². The molecule has 2 amide bonds. The second kappa shape index (κ2) is 7.62. The Kier molecular flexibility index (Phi) is 6.03. The summed E-state index contributed by atoms with van der Waals surface area (Å²) in [5.41, 5.74) is 0.842. The minimum absolute atomic E-state index is 0.287. The first-order valence-corrected chi connectivity index (χ1v) is 5.78. The van der Waals surface area contributed by atoms with Crippen molar-refractivity contribution < 1.29 is 9.59 Å². The van der Waals surface area contributed by atoms with E-state index in [0.717, 1.165) is 5.56 Å². The summed E-state index contributed by atoms with van der Waals surface area (Å²) in [6, 6.07) is 3.58. The molecular weight excluding hydrogens is 242 g/mol. The molecule has 0 aliphatic rings. The maximum absolute atomic E-state index is 11.3. The number of carbonyl (C=O) groups is 2. The smallest absolute Gasteiger partial charge is 0.309 e. The predicted molar refractivity (Wildman–Crippen MR) is 64.4 cm³/mol. The molecule has 6 heteroatoms. The van der Waals surface area contributed by atoms with Crippen molar-refractivity contribution in [1.82, 2.24) is 15.6 Å². The molecule has 0 aliphatic heterocycles. The molecule has 0 fully saturated rings. The third kappa shape index (κ3) is 5.31. The van der Waals surface area contributed by atoms with Gasteiger partial charge in [0.25, 0.3) is 0 Å². The number of amides is 2. The molecule has 0 atom stereocenters. The van der Waals surface area contributed by atoms with Crippen LogP contribution in [0.4, 0.5) is 0 Å². The molecule has 1 aromatic rings. The standard InChI is InChI=1S/C11H14ClN3O2/c12-4-2-6-14-10(16)11(17)15-8-9-3-1-5-13-7-9/h1,3,5,7H,2,4,6,8H2,(H,14,16)(H,15,17). The van der Waals surface area contributed by atoms with Gasteiger partial charge in [0.15, 0.2) is 0 Å². The highest BCUT2D eigenvalue weighted by Crippen LogP contribution is 1.93. The van der Waals surface area contributed by atoms with Crippen molar-refractivity contribution in [2.45, 2.75) is 13.0 Å². The van der Waals surface area contributed by atoms with E-state index in [1.54, 1.807) is 18.5 Å². The highest BCUT2D eigenvalue weighted by Gasteiger charge is 2.11. The highest BCUT2D eigenvalue weighted by molar-refractivity contribution is 6.35. The lowest BCUT2D eigenvalue weighted by molar-refractivity contribution is -0.139. The lowest BCUT2D eigenvalue weighted by atomic mass is 10.3. The minimum Gasteiger partial charge on any atom is -0.348 e. The quantitative estimate of drug-likeness (QED) is 0.456. The summed E-state index contributed by atoms with van der Waals surface area (Å²) in [5, 5.41) is 4.97. The Balaban J connectivity index is 2.27. The molecule has 17 heavy (non-hydrogen) atoms. The van der Waals surface area contributed by atoms with Crippen LogP contribution >= 0.6 is 11.6 Å². The van der Waals surface area contributed by atoms with E-state index in [-0.39, 0.29) is 6.54 Å². The Bertz CT molecular complexity index is 370. The lowest BCUT2D eigenvalue weighted by Gasteiger charge is -2.05. The van der Waals surface area contributed by atoms with Gasteiger partial charge in [0.05, 0.1) is 0 Å². The Morgan fingerprint density at radius 1 is 1.29 bits per heavy atom. The van der Waals surface area contributed by atoms with Crippen LogP contribution in [0.5, 0.6) is 0 Å². The van der Waals surface area contributed by atoms with Crippen LogP contribution in [0, 0.1) is 0 Å². The molecule has 0 unspecified atom stereocenters. The molecule has 0 spiro atoms. The van der Waals surface area contributed by atoms with Crippen molar-refractivity contribution in [3.8, 4) is 0 Å². The van der Waals surface area contributed by atoms with Gasteiger partial charge in [-0.05, 0) is 18.1 Å². The van der Waals surface area contributed by atoms with Gasteiger partial charge < -0.3 is 10.6 Å². The predicted octanol–water partition coefficient (Wildman–Crippen LogP) is 0.443. The summed E-state index contributed by atoms with van der Waals surface area (Å²) < 4.78 is 0. The van der Waals surface area contributed by atoms with Crippen LogP contribution in [0.1, 0.15) is 12.0 Å². The van der Waals surface area contributed by atoms with Crippen molar-refractivity contribution in [3.05, 3.63) is 30.1 Å². The molecule has 5 nitrogen and oxygen atoms in total. The van der Waals surface area contributed by atoms with E-state index in [2.05, 4.69) is 15.6 Å². The summed E-state index contributed by atoms with van der Waals surface area (Å²) in [5.74, 6) is -0.833. The van der Waals surface area contributed by atoms with Gasteiger partial charge in [-0.3, -0.25) is 14.6 Å². The van der Waals surface area contributed by atoms with E-state index in [0.29, 0.717) is 18.8 Å². The van der Waals surface area contributed by atoms with E-state index in [1.807, 2.05) is 6.07 Å². The Hall–Kier alpha value is -1.62. The average molecular weight is 256 g/mol. The first-order valence-electron chi connectivity index (χ1n) is 5.25. The van der Waals surface area contributed by atoms with E-state index in [4.69, 9.17) is 11.6 Å². The summed E-state index contributed by atoms with van der Waals surface area (Å²) in [7, 11) is 0. The Labute approximate surface area is 105 Å². The summed E-state index contributed by atoms with van der Waals surface area (Å²) >= 11 is 5.45. The molecular formula is C11H14ClN3O2. The van der Waals surface area contributed by atoms with E-state index in [1.165, 1.54) is 0 Å². The van der Waals surface area contributed by atoms with Crippen molar-refractivity contribution in [3.63, 3.8) is 0 Å². The zero-order valence-corrected chi connectivity index (χ0v) is 10.0. The molecule has 0 aliphatic carbocycles. The van der Waals surface area contributed by atoms with Crippen LogP contribution < -0.4 is 10.6 Å². The van der Waals surface area contributed by atoms with Crippen LogP contribution in [-0.2, 0) is 16.1 Å². The van der Waals surface area contributed by atoms with E-state index in [9.17, 15) is 9.59 Å². The molecule has 0 bridgehead atoms. The number of hydrogen-bond donors (Lipinski definition) is 2. The van der Waals surface area contributed by atoms with E-state index >= 15 is 0 Å². The number of rotatable bonds is 5. The Morgan fingerprint density at radius 3 is 2.71 bits per heavy atom. The van der Waals surface area contributed by atoms with Crippen LogP contribution in [0.2, 0.25) is 0 Å². The van der Waals surface area contributed by atoms with Gasteiger partial charge in [-0.25, -0.2) is 0 Å². The fourth-order valence-electron chi connectivity index (χ4n) is 1.11. The second-order valence-electron chi connectivity index (χ2n) is 3.34. The van der Waals surface area contributed by atoms with Crippen molar-refractivity contribution in [1.29, 1.82) is 0 Å². The number of halogens is 1. The third-order valence-corrected chi connectivity index (χ3v) is 2.25. The SMILES string of the molecule is O=C(NCCCCl)C(=O)NCc1cccnc1. The topological polar surface area (TPSA) is 71.1 Å². The van der Waals surface area contributed by atoms with Gasteiger partial charge in [0.2, 0.25) is 0 Å². The fourth-order valence-corrected chi connectivity index (χ4v) is 1.25. The number of alkyl halides is 1. The van der Waals surface area contributed by atoms with Crippen molar-refractivity contribution in [2.24, 2.45) is 0 Å². The summed E-state index contributed by atoms with van der Waals surface area (Å²) in [4.78, 5) is 26.5. The lowest BCUT2D eigenvalue weighted by Crippen LogP contribution is -2.40. The number of pyridine rings is 1. The van der Waals surface area contributed by atoms with Crippen LogP contribution in [0.15, 0.2) is 24.5 Å². The number of nitrogens with zero attached hydrogens (tertiary/aromatic N) is 1. The third-order valence-electron chi connectivity index (χ3n) is 1.98. The van der Waals surface area contributed by atoms with Gasteiger partial charge in [-0.2, -0.15) is 0 Å². The number of nitrogens with one attached hydrogen (secondary N) is 2. The van der Waals surface area contributed by atoms with Crippen molar-refractivity contribution in [2.75, 3.05) is 12.4 Å². The molecule has 0 radical (unpaired) electrons. The Morgan fingerprint density at radius 2 is 2.06 bits per heavy atom. The maximum Gasteiger partial charge on any atom is 0.309 e. The normalized spacial score (nSPS) is 9.71.